The molecule has 6 nitrogen and oxygen atoms in total. The van der Waals surface area contributed by atoms with Crippen molar-refractivity contribution in [2.45, 2.75) is 49.7 Å². The van der Waals surface area contributed by atoms with Gasteiger partial charge in [0.2, 0.25) is 5.91 Å². The Morgan fingerprint density at radius 3 is 2.27 bits per heavy atom. The molecule has 0 saturated heterocycles. The van der Waals surface area contributed by atoms with Gasteiger partial charge in [-0.15, -0.1) is 0 Å². The molecule has 1 aromatic heterocycles. The maximum absolute atomic E-state index is 13.4. The van der Waals surface area contributed by atoms with Crippen LogP contribution in [0.5, 0.6) is 0 Å². The Balaban J connectivity index is 2.35. The number of amides is 1. The molecule has 8 heteroatoms. The number of rotatable bonds is 4. The average molecular weight is 381 g/mol. The van der Waals surface area contributed by atoms with Crippen molar-refractivity contribution in [3.8, 4) is 0 Å². The fourth-order valence-electron chi connectivity index (χ4n) is 2.27. The molecule has 0 saturated carbocycles. The molecular formula is C18H24FN3O3S. The van der Waals surface area contributed by atoms with Crippen LogP contribution in [-0.2, 0) is 27.1 Å². The first-order valence-corrected chi connectivity index (χ1v) is 9.61. The summed E-state index contributed by atoms with van der Waals surface area (Å²) >= 11 is 0. The van der Waals surface area contributed by atoms with Crippen LogP contribution in [0, 0.1) is 5.82 Å². The van der Waals surface area contributed by atoms with E-state index in [1.165, 1.54) is 30.7 Å². The van der Waals surface area contributed by atoms with Gasteiger partial charge in [0.1, 0.15) is 16.4 Å². The molecule has 0 radical (unpaired) electrons. The standard InChI is InChI=1S/C18H24FN3O3S/c1-17(2,3)14-11-15(22(6)21-14)20-16(23)18(4,5)26(24,25)13-9-7-8-12(19)10-13/h7-11H,1-6H3,(H,20,23). The smallest absolute Gasteiger partial charge is 0.246 e. The van der Waals surface area contributed by atoms with E-state index in [-0.39, 0.29) is 10.3 Å². The van der Waals surface area contributed by atoms with Crippen LogP contribution >= 0.6 is 0 Å². The van der Waals surface area contributed by atoms with Crippen LogP contribution in [0.1, 0.15) is 40.3 Å². The van der Waals surface area contributed by atoms with Gasteiger partial charge >= 0.3 is 0 Å². The van der Waals surface area contributed by atoms with Gasteiger partial charge in [0.15, 0.2) is 9.84 Å². The molecule has 1 amide bonds. The van der Waals surface area contributed by atoms with Crippen molar-refractivity contribution < 1.29 is 17.6 Å². The van der Waals surface area contributed by atoms with E-state index in [4.69, 9.17) is 0 Å². The zero-order valence-corrected chi connectivity index (χ0v) is 16.6. The molecule has 0 atom stereocenters. The molecule has 2 aromatic rings. The van der Waals surface area contributed by atoms with E-state index >= 15 is 0 Å². The number of benzene rings is 1. The summed E-state index contributed by atoms with van der Waals surface area (Å²) in [6.07, 6.45) is 0. The van der Waals surface area contributed by atoms with Crippen molar-refractivity contribution in [1.29, 1.82) is 0 Å². The van der Waals surface area contributed by atoms with E-state index in [0.29, 0.717) is 5.82 Å². The number of halogens is 1. The van der Waals surface area contributed by atoms with Crippen LogP contribution in [0.2, 0.25) is 0 Å². The normalized spacial score (nSPS) is 12.9. The van der Waals surface area contributed by atoms with Gasteiger partial charge in [-0.05, 0) is 32.0 Å². The Labute approximate surface area is 153 Å². The highest BCUT2D eigenvalue weighted by atomic mass is 32.2. The highest BCUT2D eigenvalue weighted by Crippen LogP contribution is 2.28. The van der Waals surface area contributed by atoms with Gasteiger partial charge in [-0.25, -0.2) is 12.8 Å². The van der Waals surface area contributed by atoms with Gasteiger partial charge in [-0.1, -0.05) is 26.8 Å². The predicted molar refractivity (Wildman–Crippen MR) is 98.2 cm³/mol. The van der Waals surface area contributed by atoms with Gasteiger partial charge in [-0.3, -0.25) is 9.48 Å². The third kappa shape index (κ3) is 3.65. The lowest BCUT2D eigenvalue weighted by atomic mass is 9.92. The van der Waals surface area contributed by atoms with Crippen molar-refractivity contribution in [2.75, 3.05) is 5.32 Å². The van der Waals surface area contributed by atoms with Gasteiger partial charge < -0.3 is 5.32 Å². The van der Waals surface area contributed by atoms with Gasteiger partial charge in [0, 0.05) is 18.5 Å². The summed E-state index contributed by atoms with van der Waals surface area (Å²) in [5.41, 5.74) is 0.547. The number of aryl methyl sites for hydroxylation is 1. The molecule has 0 spiro atoms. The quantitative estimate of drug-likeness (QED) is 0.883. The molecule has 0 fully saturated rings. The van der Waals surface area contributed by atoms with Gasteiger partial charge in [0.25, 0.3) is 0 Å². The maximum Gasteiger partial charge on any atom is 0.246 e. The van der Waals surface area contributed by atoms with Crippen molar-refractivity contribution in [3.05, 3.63) is 41.8 Å². The summed E-state index contributed by atoms with van der Waals surface area (Å²) in [4.78, 5) is 12.5. The molecule has 1 N–H and O–H groups in total. The van der Waals surface area contributed by atoms with E-state index in [9.17, 15) is 17.6 Å². The van der Waals surface area contributed by atoms with Gasteiger partial charge in [-0.2, -0.15) is 5.10 Å². The van der Waals surface area contributed by atoms with Crippen LogP contribution < -0.4 is 5.32 Å². The molecule has 0 aliphatic carbocycles. The molecule has 2 rings (SSSR count). The molecule has 0 aliphatic heterocycles. The van der Waals surface area contributed by atoms with Crippen LogP contribution in [0.3, 0.4) is 0 Å². The van der Waals surface area contributed by atoms with Crippen LogP contribution in [-0.4, -0.2) is 28.9 Å². The number of sulfone groups is 1. The zero-order valence-electron chi connectivity index (χ0n) is 15.8. The van der Waals surface area contributed by atoms with E-state index in [1.54, 1.807) is 13.1 Å². The number of nitrogens with zero attached hydrogens (tertiary/aromatic N) is 2. The average Bonchev–Trinajstić information content (AvgIpc) is 2.88. The third-order valence-corrected chi connectivity index (χ3v) is 6.62. The Morgan fingerprint density at radius 1 is 1.15 bits per heavy atom. The molecule has 142 valence electrons. The number of carbonyl (C=O) groups is 1. The van der Waals surface area contributed by atoms with Crippen LogP contribution in [0.25, 0.3) is 0 Å². The largest absolute Gasteiger partial charge is 0.310 e. The molecule has 0 unspecified atom stereocenters. The van der Waals surface area contributed by atoms with Crippen LogP contribution in [0.15, 0.2) is 35.2 Å². The maximum atomic E-state index is 13.4. The SMILES string of the molecule is Cn1nc(C(C)(C)C)cc1NC(=O)C(C)(C)S(=O)(=O)c1cccc(F)c1. The molecule has 1 aromatic carbocycles. The van der Waals surface area contributed by atoms with E-state index in [1.807, 2.05) is 20.8 Å². The second kappa shape index (κ2) is 6.50. The first-order valence-electron chi connectivity index (χ1n) is 8.13. The molecule has 26 heavy (non-hydrogen) atoms. The number of hydrogen-bond donors (Lipinski definition) is 1. The molecule has 1 heterocycles. The Bertz CT molecular complexity index is 941. The van der Waals surface area contributed by atoms with Crippen molar-refractivity contribution in [3.63, 3.8) is 0 Å². The monoisotopic (exact) mass is 381 g/mol. The van der Waals surface area contributed by atoms with Crippen LogP contribution in [0.4, 0.5) is 10.2 Å². The lowest BCUT2D eigenvalue weighted by molar-refractivity contribution is -0.117. The van der Waals surface area contributed by atoms with E-state index in [0.717, 1.165) is 17.8 Å². The highest BCUT2D eigenvalue weighted by Gasteiger charge is 2.43. The Kier molecular flexibility index (Phi) is 5.02. The number of aromatic nitrogens is 2. The number of anilines is 1. The number of carbonyl (C=O) groups excluding carboxylic acids is 1. The number of nitrogens with one attached hydrogen (secondary N) is 1. The summed E-state index contributed by atoms with van der Waals surface area (Å²) in [6, 6.07) is 6.34. The molecule has 0 aliphatic rings. The summed E-state index contributed by atoms with van der Waals surface area (Å²) in [5, 5.41) is 6.97. The first-order chi connectivity index (χ1) is 11.8. The number of hydrogen-bond acceptors (Lipinski definition) is 4. The van der Waals surface area contributed by atoms with Crippen molar-refractivity contribution in [1.82, 2.24) is 9.78 Å². The summed E-state index contributed by atoms with van der Waals surface area (Å²) in [6.45, 7) is 8.55. The fourth-order valence-corrected chi connectivity index (χ4v) is 3.68. The van der Waals surface area contributed by atoms with Gasteiger partial charge in [0.05, 0.1) is 10.6 Å². The minimum Gasteiger partial charge on any atom is -0.310 e. The topological polar surface area (TPSA) is 81.1 Å². The summed E-state index contributed by atoms with van der Waals surface area (Å²) < 4.78 is 38.8. The third-order valence-electron chi connectivity index (χ3n) is 4.21. The summed E-state index contributed by atoms with van der Waals surface area (Å²) in [5.74, 6) is -1.00. The zero-order chi connectivity index (χ0) is 19.9. The lowest BCUT2D eigenvalue weighted by Gasteiger charge is -2.23. The Morgan fingerprint density at radius 2 is 1.77 bits per heavy atom. The molecular weight excluding hydrogens is 357 g/mol. The van der Waals surface area contributed by atoms with Crippen molar-refractivity contribution in [2.24, 2.45) is 7.05 Å². The summed E-state index contributed by atoms with van der Waals surface area (Å²) in [7, 11) is -2.43. The second-order valence-corrected chi connectivity index (χ2v) is 10.2. The van der Waals surface area contributed by atoms with E-state index in [2.05, 4.69) is 10.4 Å². The predicted octanol–water partition coefficient (Wildman–Crippen LogP) is 3.05. The highest BCUT2D eigenvalue weighted by molar-refractivity contribution is 7.93. The first kappa shape index (κ1) is 20.1. The lowest BCUT2D eigenvalue weighted by Crippen LogP contribution is -2.44. The molecule has 0 bridgehead atoms. The van der Waals surface area contributed by atoms with E-state index < -0.39 is 26.3 Å². The minimum atomic E-state index is -4.10. The second-order valence-electron chi connectivity index (χ2n) is 7.71. The minimum absolute atomic E-state index is 0.218. The van der Waals surface area contributed by atoms with Crippen molar-refractivity contribution >= 4 is 21.6 Å². The fraction of sp³-hybridized carbons (Fsp3) is 0.444. The Hall–Kier alpha value is -2.22.